The molecule has 3 rings (SSSR count). The molecule has 140 valence electrons. The molecule has 8 heteroatoms. The molecular formula is C19H17F2N3O2S. The highest BCUT2D eigenvalue weighted by Gasteiger charge is 2.14. The van der Waals surface area contributed by atoms with Crippen LogP contribution in [0.1, 0.15) is 11.3 Å². The van der Waals surface area contributed by atoms with Gasteiger partial charge in [-0.2, -0.15) is 0 Å². The molecule has 0 bridgehead atoms. The minimum Gasteiger partial charge on any atom is -0.390 e. The minimum atomic E-state index is -0.832. The standard InChI is InChI=1S/C19H17F2N3O2S/c20-14-6-7-17(16(21)8-14)23-18(26)12-27-19-22-9-15(11-25)24(19)10-13-4-2-1-3-5-13/h1-9,25H,10-12H2,(H,23,26). The third kappa shape index (κ3) is 4.93. The fourth-order valence-electron chi connectivity index (χ4n) is 2.48. The zero-order valence-electron chi connectivity index (χ0n) is 14.2. The number of aliphatic hydroxyl groups excluding tert-OH is 1. The number of hydrogen-bond acceptors (Lipinski definition) is 4. The Morgan fingerprint density at radius 3 is 2.67 bits per heavy atom. The van der Waals surface area contributed by atoms with Crippen molar-refractivity contribution in [1.29, 1.82) is 0 Å². The highest BCUT2D eigenvalue weighted by Crippen LogP contribution is 2.21. The Hall–Kier alpha value is -2.71. The van der Waals surface area contributed by atoms with E-state index >= 15 is 0 Å². The van der Waals surface area contributed by atoms with E-state index in [2.05, 4.69) is 10.3 Å². The molecule has 2 aromatic carbocycles. The smallest absolute Gasteiger partial charge is 0.234 e. The summed E-state index contributed by atoms with van der Waals surface area (Å²) in [7, 11) is 0. The molecule has 5 nitrogen and oxygen atoms in total. The Balaban J connectivity index is 1.67. The summed E-state index contributed by atoms with van der Waals surface area (Å²) >= 11 is 1.17. The molecule has 0 aliphatic rings. The van der Waals surface area contributed by atoms with Crippen LogP contribution in [0.15, 0.2) is 59.9 Å². The predicted molar refractivity (Wildman–Crippen MR) is 99.4 cm³/mol. The van der Waals surface area contributed by atoms with Crippen molar-refractivity contribution in [3.8, 4) is 0 Å². The Morgan fingerprint density at radius 2 is 1.96 bits per heavy atom. The number of benzene rings is 2. The maximum absolute atomic E-state index is 13.6. The number of halogens is 2. The van der Waals surface area contributed by atoms with E-state index in [0.29, 0.717) is 23.5 Å². The number of nitrogens with zero attached hydrogens (tertiary/aromatic N) is 2. The average molecular weight is 389 g/mol. The normalized spacial score (nSPS) is 10.8. The Bertz CT molecular complexity index is 932. The summed E-state index contributed by atoms with van der Waals surface area (Å²) < 4.78 is 28.4. The molecule has 1 aromatic heterocycles. The van der Waals surface area contributed by atoms with Crippen LogP contribution in [0.5, 0.6) is 0 Å². The summed E-state index contributed by atoms with van der Waals surface area (Å²) in [5.74, 6) is -1.99. The lowest BCUT2D eigenvalue weighted by Gasteiger charge is -2.11. The van der Waals surface area contributed by atoms with Crippen LogP contribution < -0.4 is 5.32 Å². The van der Waals surface area contributed by atoms with Gasteiger partial charge in [0.2, 0.25) is 5.91 Å². The molecule has 0 saturated heterocycles. The summed E-state index contributed by atoms with van der Waals surface area (Å²) in [5, 5.41) is 12.5. The second kappa shape index (κ2) is 8.79. The van der Waals surface area contributed by atoms with Gasteiger partial charge in [-0.3, -0.25) is 4.79 Å². The Labute approximate surface area is 159 Å². The van der Waals surface area contributed by atoms with Crippen molar-refractivity contribution < 1.29 is 18.7 Å². The lowest BCUT2D eigenvalue weighted by Crippen LogP contribution is -2.16. The first-order valence-corrected chi connectivity index (χ1v) is 9.12. The topological polar surface area (TPSA) is 67.1 Å². The van der Waals surface area contributed by atoms with Crippen molar-refractivity contribution in [2.75, 3.05) is 11.1 Å². The number of aliphatic hydroxyl groups is 1. The van der Waals surface area contributed by atoms with Gasteiger partial charge in [-0.15, -0.1) is 0 Å². The molecule has 0 unspecified atom stereocenters. The van der Waals surface area contributed by atoms with Gasteiger partial charge in [0.1, 0.15) is 11.6 Å². The Kier molecular flexibility index (Phi) is 6.20. The second-order valence-electron chi connectivity index (χ2n) is 5.72. The van der Waals surface area contributed by atoms with E-state index in [0.717, 1.165) is 11.6 Å². The van der Waals surface area contributed by atoms with E-state index in [1.807, 2.05) is 34.9 Å². The lowest BCUT2D eigenvalue weighted by molar-refractivity contribution is -0.113. The van der Waals surface area contributed by atoms with Crippen molar-refractivity contribution in [2.45, 2.75) is 18.3 Å². The summed E-state index contributed by atoms with van der Waals surface area (Å²) in [4.78, 5) is 16.3. The maximum atomic E-state index is 13.6. The molecular weight excluding hydrogens is 372 g/mol. The van der Waals surface area contributed by atoms with E-state index in [4.69, 9.17) is 0 Å². The Morgan fingerprint density at radius 1 is 1.19 bits per heavy atom. The van der Waals surface area contributed by atoms with Gasteiger partial charge in [-0.05, 0) is 17.7 Å². The summed E-state index contributed by atoms with van der Waals surface area (Å²) in [6.07, 6.45) is 1.56. The number of nitrogens with one attached hydrogen (secondary N) is 1. The monoisotopic (exact) mass is 389 g/mol. The maximum Gasteiger partial charge on any atom is 0.234 e. The highest BCUT2D eigenvalue weighted by atomic mass is 32.2. The van der Waals surface area contributed by atoms with Crippen molar-refractivity contribution in [3.05, 3.63) is 77.6 Å². The van der Waals surface area contributed by atoms with Crippen LogP contribution in [0.2, 0.25) is 0 Å². The molecule has 2 N–H and O–H groups in total. The molecule has 0 fully saturated rings. The third-order valence-corrected chi connectivity index (χ3v) is 4.78. The van der Waals surface area contributed by atoms with Gasteiger partial charge < -0.3 is 15.0 Å². The summed E-state index contributed by atoms with van der Waals surface area (Å²) in [6, 6.07) is 12.6. The van der Waals surface area contributed by atoms with Crippen LogP contribution in [0.4, 0.5) is 14.5 Å². The molecule has 27 heavy (non-hydrogen) atoms. The first-order valence-electron chi connectivity index (χ1n) is 8.13. The molecule has 3 aromatic rings. The number of aromatic nitrogens is 2. The van der Waals surface area contributed by atoms with Gasteiger partial charge in [0, 0.05) is 12.6 Å². The number of imidazole rings is 1. The number of anilines is 1. The number of carbonyl (C=O) groups is 1. The molecule has 0 radical (unpaired) electrons. The number of rotatable bonds is 7. The van der Waals surface area contributed by atoms with Crippen molar-refractivity contribution in [2.24, 2.45) is 0 Å². The van der Waals surface area contributed by atoms with E-state index in [1.54, 1.807) is 6.20 Å². The van der Waals surface area contributed by atoms with Crippen LogP contribution in [0.3, 0.4) is 0 Å². The lowest BCUT2D eigenvalue weighted by atomic mass is 10.2. The minimum absolute atomic E-state index is 0.00646. The third-order valence-electron chi connectivity index (χ3n) is 3.78. The quantitative estimate of drug-likeness (QED) is 0.608. The number of amides is 1. The zero-order valence-corrected chi connectivity index (χ0v) is 15.0. The fourth-order valence-corrected chi connectivity index (χ4v) is 3.27. The first kappa shape index (κ1) is 19.1. The van der Waals surface area contributed by atoms with E-state index in [9.17, 15) is 18.7 Å². The van der Waals surface area contributed by atoms with Crippen molar-refractivity contribution in [1.82, 2.24) is 9.55 Å². The van der Waals surface area contributed by atoms with Crippen LogP contribution >= 0.6 is 11.8 Å². The molecule has 0 spiro atoms. The zero-order chi connectivity index (χ0) is 19.2. The molecule has 0 atom stereocenters. The van der Waals surface area contributed by atoms with Gasteiger partial charge in [-0.25, -0.2) is 13.8 Å². The van der Waals surface area contributed by atoms with Crippen molar-refractivity contribution >= 4 is 23.4 Å². The number of hydrogen-bond donors (Lipinski definition) is 2. The van der Waals surface area contributed by atoms with Gasteiger partial charge in [-0.1, -0.05) is 42.1 Å². The van der Waals surface area contributed by atoms with Crippen LogP contribution in [-0.2, 0) is 17.9 Å². The highest BCUT2D eigenvalue weighted by molar-refractivity contribution is 7.99. The van der Waals surface area contributed by atoms with Gasteiger partial charge >= 0.3 is 0 Å². The van der Waals surface area contributed by atoms with Gasteiger partial charge in [0.05, 0.1) is 29.9 Å². The summed E-state index contributed by atoms with van der Waals surface area (Å²) in [6.45, 7) is 0.334. The van der Waals surface area contributed by atoms with Crippen molar-refractivity contribution in [3.63, 3.8) is 0 Å². The number of carbonyl (C=O) groups excluding carboxylic acids is 1. The van der Waals surface area contributed by atoms with E-state index < -0.39 is 17.5 Å². The van der Waals surface area contributed by atoms with Gasteiger partial charge in [0.25, 0.3) is 0 Å². The molecule has 1 heterocycles. The van der Waals surface area contributed by atoms with Crippen LogP contribution in [0.25, 0.3) is 0 Å². The second-order valence-corrected chi connectivity index (χ2v) is 6.67. The molecule has 0 aliphatic carbocycles. The average Bonchev–Trinajstić information content (AvgIpc) is 3.05. The van der Waals surface area contributed by atoms with E-state index in [-0.39, 0.29) is 18.0 Å². The molecule has 0 saturated carbocycles. The van der Waals surface area contributed by atoms with Crippen LogP contribution in [-0.4, -0.2) is 26.3 Å². The van der Waals surface area contributed by atoms with Gasteiger partial charge in [0.15, 0.2) is 5.16 Å². The first-order chi connectivity index (χ1) is 13.1. The molecule has 1 amide bonds. The largest absolute Gasteiger partial charge is 0.390 e. The van der Waals surface area contributed by atoms with Crippen LogP contribution in [0, 0.1) is 11.6 Å². The fraction of sp³-hybridized carbons (Fsp3) is 0.158. The van der Waals surface area contributed by atoms with E-state index in [1.165, 1.54) is 17.8 Å². The molecule has 0 aliphatic heterocycles. The summed E-state index contributed by atoms with van der Waals surface area (Å²) in [5.41, 5.74) is 1.59. The SMILES string of the molecule is O=C(CSc1ncc(CO)n1Cc1ccccc1)Nc1ccc(F)cc1F. The predicted octanol–water partition coefficient (Wildman–Crippen LogP) is 3.43. The number of thioether (sulfide) groups is 1.